The average molecular weight is 646 g/mol. The molecule has 46 heavy (non-hydrogen) atoms. The van der Waals surface area contributed by atoms with Crippen molar-refractivity contribution >= 4 is 23.9 Å². The second-order valence-corrected chi connectivity index (χ2v) is 12.8. The Morgan fingerprint density at radius 1 is 1.11 bits per heavy atom. The molecule has 4 rings (SSSR count). The normalized spacial score (nSPS) is 21.6. The number of nitroso groups, excluding NO2 is 1. The van der Waals surface area contributed by atoms with Gasteiger partial charge in [0.1, 0.15) is 17.7 Å². The third-order valence-electron chi connectivity index (χ3n) is 9.04. The van der Waals surface area contributed by atoms with Crippen LogP contribution in [0.5, 0.6) is 5.75 Å². The number of amidine groups is 1. The summed E-state index contributed by atoms with van der Waals surface area (Å²) in [6, 6.07) is 6.60. The standard InChI is InChI=1S/C27H27F4NO3.C9H20N2/c1-16-8-19-4-3-7-26(13-16,14-19)22-11-20(12-23(28)25(22)32-34)21-10-18(9-17(2)15-33)5-6-24(21)35-27(29,30)31;1-5-7-11(8-6-2)9(3)10-4/h5-6,9-12,15-16,19H,3-4,7-8,13-14H2,1-2H3;5-8H2,1-4H3/b17-9+;. The topological polar surface area (TPSA) is 71.3 Å². The number of allylic oxidation sites excluding steroid dienone is 1. The van der Waals surface area contributed by atoms with Crippen LogP contribution in [0.2, 0.25) is 0 Å². The highest BCUT2D eigenvalue weighted by atomic mass is 19.4. The summed E-state index contributed by atoms with van der Waals surface area (Å²) in [6.45, 7) is 12.5. The van der Waals surface area contributed by atoms with Gasteiger partial charge in [-0.3, -0.25) is 9.79 Å². The first kappa shape index (κ1) is 36.9. The van der Waals surface area contributed by atoms with Crippen LogP contribution in [0.4, 0.5) is 23.2 Å². The van der Waals surface area contributed by atoms with Crippen molar-refractivity contribution in [2.24, 2.45) is 22.0 Å². The van der Waals surface area contributed by atoms with Gasteiger partial charge in [-0.2, -0.15) is 0 Å². The van der Waals surface area contributed by atoms with Crippen molar-refractivity contribution < 1.29 is 27.1 Å². The van der Waals surface area contributed by atoms with Gasteiger partial charge in [0.2, 0.25) is 0 Å². The fourth-order valence-corrected chi connectivity index (χ4v) is 7.29. The largest absolute Gasteiger partial charge is 0.573 e. The molecule has 0 aliphatic heterocycles. The van der Waals surface area contributed by atoms with Crippen LogP contribution in [0.15, 0.2) is 46.1 Å². The predicted octanol–water partition coefficient (Wildman–Crippen LogP) is 10.4. The van der Waals surface area contributed by atoms with Crippen molar-refractivity contribution in [2.75, 3.05) is 20.1 Å². The van der Waals surface area contributed by atoms with Crippen LogP contribution in [-0.4, -0.2) is 43.5 Å². The summed E-state index contributed by atoms with van der Waals surface area (Å²) in [6.07, 6.45) is 5.02. The first-order chi connectivity index (χ1) is 21.8. The molecule has 0 amide bonds. The maximum atomic E-state index is 15.3. The lowest BCUT2D eigenvalue weighted by Gasteiger charge is -2.48. The molecule has 0 N–H and O–H groups in total. The van der Waals surface area contributed by atoms with Gasteiger partial charge >= 0.3 is 6.36 Å². The fraction of sp³-hybridized carbons (Fsp3) is 0.556. The number of ether oxygens (including phenoxy) is 1. The van der Waals surface area contributed by atoms with Crippen LogP contribution in [0.3, 0.4) is 0 Å². The highest BCUT2D eigenvalue weighted by Crippen LogP contribution is 2.55. The number of aldehydes is 1. The van der Waals surface area contributed by atoms with E-state index < -0.39 is 23.3 Å². The summed E-state index contributed by atoms with van der Waals surface area (Å²) in [7, 11) is 1.85. The molecular weight excluding hydrogens is 598 g/mol. The third-order valence-corrected chi connectivity index (χ3v) is 9.04. The first-order valence-corrected chi connectivity index (χ1v) is 16.2. The van der Waals surface area contributed by atoms with E-state index in [1.165, 1.54) is 31.1 Å². The lowest BCUT2D eigenvalue weighted by molar-refractivity contribution is -0.274. The van der Waals surface area contributed by atoms with Crippen LogP contribution < -0.4 is 4.74 Å². The first-order valence-electron chi connectivity index (χ1n) is 16.2. The quantitative estimate of drug-likeness (QED) is 0.0644. The Balaban J connectivity index is 0.000000449. The van der Waals surface area contributed by atoms with Crippen LogP contribution >= 0.6 is 0 Å². The summed E-state index contributed by atoms with van der Waals surface area (Å²) in [5.74, 6) is 0.636. The summed E-state index contributed by atoms with van der Waals surface area (Å²) in [4.78, 5) is 29.3. The second kappa shape index (κ2) is 16.3. The molecule has 2 aliphatic carbocycles. The van der Waals surface area contributed by atoms with Crippen molar-refractivity contribution in [3.63, 3.8) is 0 Å². The van der Waals surface area contributed by atoms with Crippen molar-refractivity contribution in [1.29, 1.82) is 0 Å². The molecule has 10 heteroatoms. The molecule has 6 nitrogen and oxygen atoms in total. The number of hydrogen-bond acceptors (Lipinski definition) is 5. The van der Waals surface area contributed by atoms with Gasteiger partial charge in [-0.15, -0.1) is 18.1 Å². The van der Waals surface area contributed by atoms with E-state index in [0.29, 0.717) is 34.8 Å². The smallest absolute Gasteiger partial charge is 0.405 e. The van der Waals surface area contributed by atoms with Gasteiger partial charge in [0.05, 0.1) is 5.84 Å². The molecular formula is C36H47F4N3O3. The number of hydrogen-bond donors (Lipinski definition) is 0. The monoisotopic (exact) mass is 645 g/mol. The van der Waals surface area contributed by atoms with E-state index in [1.807, 2.05) is 7.05 Å². The molecule has 0 radical (unpaired) electrons. The second-order valence-electron chi connectivity index (χ2n) is 12.8. The van der Waals surface area contributed by atoms with E-state index in [4.69, 9.17) is 0 Å². The van der Waals surface area contributed by atoms with Crippen molar-refractivity contribution in [3.8, 4) is 16.9 Å². The van der Waals surface area contributed by atoms with E-state index in [-0.39, 0.29) is 16.8 Å². The lowest BCUT2D eigenvalue weighted by atomic mass is 9.56. The Hall–Kier alpha value is -3.56. The van der Waals surface area contributed by atoms with Gasteiger partial charge in [-0.05, 0) is 127 Å². The number of halogens is 4. The minimum atomic E-state index is -4.95. The molecule has 0 spiro atoms. The Morgan fingerprint density at radius 2 is 1.80 bits per heavy atom. The van der Waals surface area contributed by atoms with E-state index in [0.717, 1.165) is 69.6 Å². The molecule has 2 saturated carbocycles. The molecule has 2 aliphatic rings. The molecule has 252 valence electrons. The van der Waals surface area contributed by atoms with Gasteiger partial charge in [-0.1, -0.05) is 39.7 Å². The zero-order chi connectivity index (χ0) is 34.1. The van der Waals surface area contributed by atoms with Gasteiger partial charge in [0, 0.05) is 25.7 Å². The summed E-state index contributed by atoms with van der Waals surface area (Å²) >= 11 is 0. The number of rotatable bonds is 10. The van der Waals surface area contributed by atoms with Gasteiger partial charge in [-0.25, -0.2) is 4.39 Å². The molecule has 0 heterocycles. The van der Waals surface area contributed by atoms with Crippen LogP contribution in [-0.2, 0) is 10.2 Å². The molecule has 2 aromatic carbocycles. The summed E-state index contributed by atoms with van der Waals surface area (Å²) in [5.41, 5.74) is 0.753. The molecule has 2 bridgehead atoms. The molecule has 2 fully saturated rings. The molecule has 0 aromatic heterocycles. The highest BCUT2D eigenvalue weighted by molar-refractivity contribution is 5.83. The third kappa shape index (κ3) is 9.48. The summed E-state index contributed by atoms with van der Waals surface area (Å²) < 4.78 is 59.1. The minimum Gasteiger partial charge on any atom is -0.405 e. The molecule has 2 aromatic rings. The number of carbonyl (C=O) groups is 1. The molecule has 3 atom stereocenters. The van der Waals surface area contributed by atoms with Gasteiger partial charge in [0.15, 0.2) is 5.82 Å². The molecule has 3 unspecified atom stereocenters. The maximum absolute atomic E-state index is 15.3. The SMILES string of the molecule is C/C(C=O)=C\c1ccc(OC(F)(F)F)c(-c2cc(F)c(N=O)c(C34CCCC(CC(C)C3)C4)c2)c1.CCCN(CCC)C(C)=NC. The van der Waals surface area contributed by atoms with E-state index in [2.05, 4.69) is 47.5 Å². The zero-order valence-electron chi connectivity index (χ0n) is 27.8. The van der Waals surface area contributed by atoms with Crippen LogP contribution in [0.25, 0.3) is 17.2 Å². The van der Waals surface area contributed by atoms with E-state index >= 15 is 4.39 Å². The average Bonchev–Trinajstić information content (AvgIpc) is 3.00. The fourth-order valence-electron chi connectivity index (χ4n) is 7.29. The zero-order valence-corrected chi connectivity index (χ0v) is 27.8. The Kier molecular flexibility index (Phi) is 13.1. The minimum absolute atomic E-state index is 0.0139. The Morgan fingerprint density at radius 3 is 2.39 bits per heavy atom. The number of benzene rings is 2. The number of aliphatic imine (C=N–C) groups is 1. The van der Waals surface area contributed by atoms with Crippen molar-refractivity contribution in [2.45, 2.75) is 97.8 Å². The number of carbonyl (C=O) groups excluding carboxylic acids is 1. The number of alkyl halides is 3. The Labute approximate surface area is 270 Å². The van der Waals surface area contributed by atoms with Gasteiger partial charge in [0.25, 0.3) is 0 Å². The number of fused-ring (bicyclic) bond motifs is 2. The van der Waals surface area contributed by atoms with E-state index in [1.54, 1.807) is 13.0 Å². The van der Waals surface area contributed by atoms with Crippen molar-refractivity contribution in [1.82, 2.24) is 4.90 Å². The lowest BCUT2D eigenvalue weighted by Crippen LogP contribution is -2.39. The van der Waals surface area contributed by atoms with Crippen molar-refractivity contribution in [3.05, 3.63) is 57.8 Å². The van der Waals surface area contributed by atoms with E-state index in [9.17, 15) is 22.9 Å². The Bertz CT molecular complexity index is 1410. The highest BCUT2D eigenvalue weighted by Gasteiger charge is 2.45. The summed E-state index contributed by atoms with van der Waals surface area (Å²) in [5, 5.41) is 3.01. The number of nitrogens with zero attached hydrogens (tertiary/aromatic N) is 3. The van der Waals surface area contributed by atoms with Gasteiger partial charge < -0.3 is 9.64 Å². The van der Waals surface area contributed by atoms with Crippen LogP contribution in [0, 0.1) is 22.6 Å². The molecule has 0 saturated heterocycles. The maximum Gasteiger partial charge on any atom is 0.573 e. The van der Waals surface area contributed by atoms with Crippen LogP contribution in [0.1, 0.15) is 97.1 Å². The predicted molar refractivity (Wildman–Crippen MR) is 177 cm³/mol.